The van der Waals surface area contributed by atoms with E-state index < -0.39 is 0 Å². The SMILES string of the molecule is Cc1noc(C)c1CC(=O)NC[C@H](OCCO)c1cccs1. The number of nitrogens with zero attached hydrogens (tertiary/aromatic N) is 1. The summed E-state index contributed by atoms with van der Waals surface area (Å²) in [5, 5.41) is 17.6. The van der Waals surface area contributed by atoms with E-state index in [0.717, 1.165) is 16.1 Å². The number of rotatable bonds is 8. The van der Waals surface area contributed by atoms with Gasteiger partial charge in [-0.25, -0.2) is 0 Å². The van der Waals surface area contributed by atoms with Crippen molar-refractivity contribution in [2.24, 2.45) is 0 Å². The summed E-state index contributed by atoms with van der Waals surface area (Å²) < 4.78 is 10.6. The number of aliphatic hydroxyl groups excluding tert-OH is 1. The average Bonchev–Trinajstić information content (AvgIpc) is 3.13. The summed E-state index contributed by atoms with van der Waals surface area (Å²) in [7, 11) is 0. The summed E-state index contributed by atoms with van der Waals surface area (Å²) >= 11 is 1.56. The van der Waals surface area contributed by atoms with Gasteiger partial charge in [-0.05, 0) is 25.3 Å². The van der Waals surface area contributed by atoms with Crippen LogP contribution in [0.2, 0.25) is 0 Å². The van der Waals surface area contributed by atoms with Gasteiger partial charge < -0.3 is 19.7 Å². The number of hydrogen-bond acceptors (Lipinski definition) is 6. The highest BCUT2D eigenvalue weighted by Gasteiger charge is 2.17. The molecule has 0 aliphatic carbocycles. The maximum absolute atomic E-state index is 12.1. The highest BCUT2D eigenvalue weighted by Crippen LogP contribution is 2.22. The minimum atomic E-state index is -0.249. The van der Waals surface area contributed by atoms with Gasteiger partial charge in [0, 0.05) is 17.0 Å². The van der Waals surface area contributed by atoms with E-state index in [9.17, 15) is 4.79 Å². The molecule has 0 aromatic carbocycles. The van der Waals surface area contributed by atoms with Gasteiger partial charge in [0.1, 0.15) is 11.9 Å². The minimum Gasteiger partial charge on any atom is -0.394 e. The Kier molecular flexibility index (Phi) is 6.11. The second-order valence-electron chi connectivity index (χ2n) is 4.88. The van der Waals surface area contributed by atoms with E-state index in [-0.39, 0.29) is 31.6 Å². The van der Waals surface area contributed by atoms with Crippen molar-refractivity contribution < 1.29 is 19.2 Å². The second kappa shape index (κ2) is 8.07. The third kappa shape index (κ3) is 4.40. The summed E-state index contributed by atoms with van der Waals surface area (Å²) in [6.07, 6.45) is -0.0148. The topological polar surface area (TPSA) is 84.6 Å². The number of nitrogens with one attached hydrogen (secondary N) is 1. The Balaban J connectivity index is 1.90. The van der Waals surface area contributed by atoms with Crippen LogP contribution in [-0.2, 0) is 16.0 Å². The maximum atomic E-state index is 12.1. The first kappa shape index (κ1) is 16.7. The molecule has 0 unspecified atom stereocenters. The van der Waals surface area contributed by atoms with Crippen molar-refractivity contribution in [3.8, 4) is 0 Å². The van der Waals surface area contributed by atoms with E-state index in [2.05, 4.69) is 10.5 Å². The van der Waals surface area contributed by atoms with Gasteiger partial charge in [0.05, 0.1) is 25.3 Å². The van der Waals surface area contributed by atoms with Crippen LogP contribution < -0.4 is 5.32 Å². The first-order valence-corrected chi connectivity index (χ1v) is 7.94. The van der Waals surface area contributed by atoms with Crippen LogP contribution in [0.3, 0.4) is 0 Å². The molecule has 2 heterocycles. The molecule has 0 bridgehead atoms. The highest BCUT2D eigenvalue weighted by atomic mass is 32.1. The van der Waals surface area contributed by atoms with Gasteiger partial charge in [-0.1, -0.05) is 11.2 Å². The molecule has 0 aliphatic rings. The lowest BCUT2D eigenvalue weighted by Crippen LogP contribution is -2.31. The number of carbonyl (C=O) groups excluding carboxylic acids is 1. The molecule has 0 saturated heterocycles. The molecule has 2 aromatic heterocycles. The Morgan fingerprint density at radius 3 is 2.95 bits per heavy atom. The molecule has 0 radical (unpaired) electrons. The zero-order valence-electron chi connectivity index (χ0n) is 12.7. The van der Waals surface area contributed by atoms with E-state index in [1.165, 1.54) is 0 Å². The van der Waals surface area contributed by atoms with Crippen LogP contribution in [0.5, 0.6) is 0 Å². The molecule has 22 heavy (non-hydrogen) atoms. The molecule has 0 fully saturated rings. The van der Waals surface area contributed by atoms with Crippen molar-refractivity contribution in [3.05, 3.63) is 39.4 Å². The van der Waals surface area contributed by atoms with E-state index in [1.54, 1.807) is 18.3 Å². The first-order chi connectivity index (χ1) is 10.6. The van der Waals surface area contributed by atoms with Crippen molar-refractivity contribution in [1.82, 2.24) is 10.5 Å². The van der Waals surface area contributed by atoms with Crippen LogP contribution >= 0.6 is 11.3 Å². The molecule has 0 spiro atoms. The summed E-state index contributed by atoms with van der Waals surface area (Å²) in [6.45, 7) is 4.17. The Hall–Kier alpha value is -1.70. The van der Waals surface area contributed by atoms with Gasteiger partial charge >= 0.3 is 0 Å². The molecule has 0 aliphatic heterocycles. The molecule has 6 nitrogen and oxygen atoms in total. The third-order valence-electron chi connectivity index (χ3n) is 3.27. The lowest BCUT2D eigenvalue weighted by atomic mass is 10.1. The monoisotopic (exact) mass is 324 g/mol. The third-order valence-corrected chi connectivity index (χ3v) is 4.24. The molecule has 1 amide bonds. The van der Waals surface area contributed by atoms with Gasteiger partial charge in [-0.15, -0.1) is 11.3 Å². The van der Waals surface area contributed by atoms with Gasteiger partial charge in [0.25, 0.3) is 0 Å². The van der Waals surface area contributed by atoms with Gasteiger partial charge in [0.2, 0.25) is 5.91 Å². The number of aromatic nitrogens is 1. The molecule has 7 heteroatoms. The Labute approximate surface area is 133 Å². The number of hydrogen-bond donors (Lipinski definition) is 2. The number of amides is 1. The van der Waals surface area contributed by atoms with Crippen molar-refractivity contribution in [2.45, 2.75) is 26.4 Å². The predicted molar refractivity (Wildman–Crippen MR) is 82.8 cm³/mol. The van der Waals surface area contributed by atoms with Crippen LogP contribution in [0.4, 0.5) is 0 Å². The molecule has 120 valence electrons. The number of aliphatic hydroxyl groups is 1. The lowest BCUT2D eigenvalue weighted by Gasteiger charge is -2.16. The first-order valence-electron chi connectivity index (χ1n) is 7.06. The maximum Gasteiger partial charge on any atom is 0.224 e. The van der Waals surface area contributed by atoms with Crippen LogP contribution in [0, 0.1) is 13.8 Å². The molecule has 1 atom stereocenters. The van der Waals surface area contributed by atoms with Crippen molar-refractivity contribution in [2.75, 3.05) is 19.8 Å². The zero-order chi connectivity index (χ0) is 15.9. The fourth-order valence-electron chi connectivity index (χ4n) is 2.09. The standard InChI is InChI=1S/C15H20N2O4S/c1-10-12(11(2)21-17-10)8-15(19)16-9-13(20-6-5-18)14-4-3-7-22-14/h3-4,7,13,18H,5-6,8-9H2,1-2H3,(H,16,19)/t13-/m0/s1. The zero-order valence-corrected chi connectivity index (χ0v) is 13.5. The van der Waals surface area contributed by atoms with E-state index in [1.807, 2.05) is 24.4 Å². The Morgan fingerprint density at radius 2 is 2.36 bits per heavy atom. The van der Waals surface area contributed by atoms with Crippen molar-refractivity contribution >= 4 is 17.2 Å². The largest absolute Gasteiger partial charge is 0.394 e. The summed E-state index contributed by atoms with van der Waals surface area (Å²) in [5.41, 5.74) is 1.56. The fourth-order valence-corrected chi connectivity index (χ4v) is 2.87. The fraction of sp³-hybridized carbons (Fsp3) is 0.467. The summed E-state index contributed by atoms with van der Waals surface area (Å²) in [6, 6.07) is 3.88. The summed E-state index contributed by atoms with van der Waals surface area (Å²) in [4.78, 5) is 13.1. The van der Waals surface area contributed by atoms with Crippen LogP contribution in [0.15, 0.2) is 22.0 Å². The number of ether oxygens (including phenoxy) is 1. The van der Waals surface area contributed by atoms with Crippen LogP contribution in [-0.4, -0.2) is 35.9 Å². The lowest BCUT2D eigenvalue weighted by molar-refractivity contribution is -0.121. The van der Waals surface area contributed by atoms with Crippen molar-refractivity contribution in [1.29, 1.82) is 0 Å². The second-order valence-corrected chi connectivity index (χ2v) is 5.86. The molecule has 2 N–H and O–H groups in total. The quantitative estimate of drug-likeness (QED) is 0.773. The molecule has 2 aromatic rings. The van der Waals surface area contributed by atoms with E-state index in [0.29, 0.717) is 12.3 Å². The number of aryl methyl sites for hydroxylation is 2. The smallest absolute Gasteiger partial charge is 0.224 e. The Morgan fingerprint density at radius 1 is 1.55 bits per heavy atom. The average molecular weight is 324 g/mol. The molecule has 2 rings (SSSR count). The number of carbonyl (C=O) groups is 1. The highest BCUT2D eigenvalue weighted by molar-refractivity contribution is 7.10. The molecule has 0 saturated carbocycles. The van der Waals surface area contributed by atoms with Crippen LogP contribution in [0.1, 0.15) is 28.0 Å². The minimum absolute atomic E-state index is 0.0467. The number of thiophene rings is 1. The van der Waals surface area contributed by atoms with Gasteiger partial charge in [0.15, 0.2) is 0 Å². The van der Waals surface area contributed by atoms with E-state index >= 15 is 0 Å². The molecular weight excluding hydrogens is 304 g/mol. The van der Waals surface area contributed by atoms with Crippen molar-refractivity contribution in [3.63, 3.8) is 0 Å². The predicted octanol–water partition coefficient (Wildman–Crippen LogP) is 1.76. The van der Waals surface area contributed by atoms with Gasteiger partial charge in [-0.3, -0.25) is 4.79 Å². The molecular formula is C15H20N2O4S. The summed E-state index contributed by atoms with van der Waals surface area (Å²) in [5.74, 6) is 0.558. The van der Waals surface area contributed by atoms with E-state index in [4.69, 9.17) is 14.4 Å². The van der Waals surface area contributed by atoms with Gasteiger partial charge in [-0.2, -0.15) is 0 Å². The van der Waals surface area contributed by atoms with Crippen LogP contribution in [0.25, 0.3) is 0 Å². The Bertz CT molecular complexity index is 575. The normalized spacial score (nSPS) is 12.3.